The number of unbranched alkanes of at least 4 members (excludes halogenated alkanes) is 2. The zero-order valence-electron chi connectivity index (χ0n) is 16.1. The van der Waals surface area contributed by atoms with Crippen LogP contribution in [0.1, 0.15) is 33.1 Å². The molecule has 0 bridgehead atoms. The highest BCUT2D eigenvalue weighted by atomic mass is 32.1. The van der Waals surface area contributed by atoms with Crippen molar-refractivity contribution in [1.29, 1.82) is 0 Å². The highest BCUT2D eigenvalue weighted by molar-refractivity contribution is 7.13. The molecule has 1 atom stereocenters. The van der Waals surface area contributed by atoms with Crippen LogP contribution in [0, 0.1) is 0 Å². The van der Waals surface area contributed by atoms with Crippen molar-refractivity contribution < 1.29 is 9.53 Å². The summed E-state index contributed by atoms with van der Waals surface area (Å²) in [4.78, 5) is 23.7. The van der Waals surface area contributed by atoms with E-state index in [1.165, 1.54) is 0 Å². The molecule has 0 aliphatic carbocycles. The van der Waals surface area contributed by atoms with Crippen LogP contribution in [-0.2, 0) is 4.79 Å². The zero-order valence-corrected chi connectivity index (χ0v) is 16.9. The van der Waals surface area contributed by atoms with E-state index < -0.39 is 6.10 Å². The Hall–Kier alpha value is -2.73. The van der Waals surface area contributed by atoms with Crippen molar-refractivity contribution >= 4 is 22.9 Å². The summed E-state index contributed by atoms with van der Waals surface area (Å²) < 4.78 is 5.83. The van der Waals surface area contributed by atoms with E-state index in [0.717, 1.165) is 52.7 Å². The van der Waals surface area contributed by atoms with E-state index >= 15 is 0 Å². The Labute approximate surface area is 169 Å². The van der Waals surface area contributed by atoms with Crippen molar-refractivity contribution in [2.45, 2.75) is 39.2 Å². The second-order valence-corrected chi connectivity index (χ2v) is 7.75. The standard InChI is InChI=1S/C22H23N3O2S/c1-3-4-7-12-25-19-13-16(9-10-20(19)27-15(2)22(25)26)18-14-28-21(24-18)17-8-5-6-11-23-17/h5-6,8-11,13-15H,3-4,7,12H2,1-2H3. The second-order valence-electron chi connectivity index (χ2n) is 6.89. The van der Waals surface area contributed by atoms with E-state index in [-0.39, 0.29) is 5.91 Å². The van der Waals surface area contributed by atoms with Crippen LogP contribution < -0.4 is 9.64 Å². The summed E-state index contributed by atoms with van der Waals surface area (Å²) in [5, 5.41) is 2.91. The van der Waals surface area contributed by atoms with Gasteiger partial charge in [0.05, 0.1) is 17.1 Å². The molecule has 0 radical (unpaired) electrons. The molecule has 1 aromatic carbocycles. The zero-order chi connectivity index (χ0) is 19.5. The number of hydrogen-bond acceptors (Lipinski definition) is 5. The van der Waals surface area contributed by atoms with Gasteiger partial charge in [0.2, 0.25) is 0 Å². The molecule has 4 rings (SSSR count). The van der Waals surface area contributed by atoms with Crippen LogP contribution in [0.3, 0.4) is 0 Å². The van der Waals surface area contributed by atoms with Gasteiger partial charge in [0.25, 0.3) is 5.91 Å². The van der Waals surface area contributed by atoms with Gasteiger partial charge in [0, 0.05) is 23.7 Å². The quantitative estimate of drug-likeness (QED) is 0.542. The summed E-state index contributed by atoms with van der Waals surface area (Å²) in [5.74, 6) is 0.778. The summed E-state index contributed by atoms with van der Waals surface area (Å²) in [6.07, 6.45) is 4.53. The van der Waals surface area contributed by atoms with Crippen LogP contribution >= 0.6 is 11.3 Å². The van der Waals surface area contributed by atoms with Crippen molar-refractivity contribution in [1.82, 2.24) is 9.97 Å². The number of carbonyl (C=O) groups excluding carboxylic acids is 1. The number of thiazole rings is 1. The molecule has 0 N–H and O–H groups in total. The van der Waals surface area contributed by atoms with Crippen molar-refractivity contribution in [3.8, 4) is 27.7 Å². The first kappa shape index (κ1) is 18.6. The number of nitrogens with zero attached hydrogens (tertiary/aromatic N) is 3. The Kier molecular flexibility index (Phi) is 5.39. The lowest BCUT2D eigenvalue weighted by Crippen LogP contribution is -2.44. The van der Waals surface area contributed by atoms with Gasteiger partial charge in [-0.25, -0.2) is 4.98 Å². The SMILES string of the molecule is CCCCCN1C(=O)C(C)Oc2ccc(-c3csc(-c4ccccn4)n3)cc21. The summed E-state index contributed by atoms with van der Waals surface area (Å²) in [7, 11) is 0. The number of rotatable bonds is 6. The van der Waals surface area contributed by atoms with E-state index in [9.17, 15) is 4.79 Å². The van der Waals surface area contributed by atoms with Gasteiger partial charge < -0.3 is 9.64 Å². The van der Waals surface area contributed by atoms with Gasteiger partial charge in [0.1, 0.15) is 10.8 Å². The van der Waals surface area contributed by atoms with Gasteiger partial charge in [-0.1, -0.05) is 25.8 Å². The smallest absolute Gasteiger partial charge is 0.267 e. The predicted molar refractivity (Wildman–Crippen MR) is 113 cm³/mol. The third-order valence-corrected chi connectivity index (χ3v) is 5.70. The lowest BCUT2D eigenvalue weighted by atomic mass is 10.1. The number of fused-ring (bicyclic) bond motifs is 1. The molecule has 1 amide bonds. The lowest BCUT2D eigenvalue weighted by Gasteiger charge is -2.33. The van der Waals surface area contributed by atoms with Gasteiger partial charge in [-0.15, -0.1) is 11.3 Å². The minimum Gasteiger partial charge on any atom is -0.479 e. The third-order valence-electron chi connectivity index (χ3n) is 4.84. The van der Waals surface area contributed by atoms with Crippen LogP contribution in [0.2, 0.25) is 0 Å². The maximum absolute atomic E-state index is 12.7. The molecule has 2 aromatic heterocycles. The Bertz CT molecular complexity index is 971. The van der Waals surface area contributed by atoms with E-state index in [0.29, 0.717) is 6.54 Å². The van der Waals surface area contributed by atoms with E-state index in [1.54, 1.807) is 17.5 Å². The van der Waals surface area contributed by atoms with E-state index in [4.69, 9.17) is 9.72 Å². The first-order valence-corrected chi connectivity index (χ1v) is 10.5. The summed E-state index contributed by atoms with van der Waals surface area (Å²) in [5.41, 5.74) is 3.56. The largest absolute Gasteiger partial charge is 0.479 e. The number of ether oxygens (including phenoxy) is 1. The molecule has 3 aromatic rings. The molecule has 5 nitrogen and oxygen atoms in total. The topological polar surface area (TPSA) is 55.3 Å². The number of amides is 1. The maximum Gasteiger partial charge on any atom is 0.267 e. The minimum absolute atomic E-state index is 0.0215. The Morgan fingerprint density at radius 1 is 1.18 bits per heavy atom. The molecule has 0 saturated heterocycles. The minimum atomic E-state index is -0.449. The molecule has 1 unspecified atom stereocenters. The molecule has 6 heteroatoms. The van der Waals surface area contributed by atoms with E-state index in [1.807, 2.05) is 53.6 Å². The molecular formula is C22H23N3O2S. The monoisotopic (exact) mass is 393 g/mol. The van der Waals surface area contributed by atoms with Crippen molar-refractivity contribution in [3.63, 3.8) is 0 Å². The number of hydrogen-bond donors (Lipinski definition) is 0. The van der Waals surface area contributed by atoms with Crippen LogP contribution in [0.15, 0.2) is 48.0 Å². The van der Waals surface area contributed by atoms with Crippen LogP contribution in [0.5, 0.6) is 5.75 Å². The summed E-state index contributed by atoms with van der Waals surface area (Å²) in [6.45, 7) is 4.69. The molecule has 28 heavy (non-hydrogen) atoms. The Morgan fingerprint density at radius 3 is 2.86 bits per heavy atom. The number of pyridine rings is 1. The molecule has 1 aliphatic heterocycles. The fourth-order valence-corrected chi connectivity index (χ4v) is 4.13. The number of anilines is 1. The average Bonchev–Trinajstić information content (AvgIpc) is 3.22. The molecule has 0 saturated carbocycles. The molecule has 1 aliphatic rings. The first-order valence-electron chi connectivity index (χ1n) is 9.66. The van der Waals surface area contributed by atoms with Gasteiger partial charge in [0.15, 0.2) is 6.10 Å². The summed E-state index contributed by atoms with van der Waals surface area (Å²) in [6, 6.07) is 11.8. The fraction of sp³-hybridized carbons (Fsp3) is 0.318. The van der Waals surface area contributed by atoms with Crippen LogP contribution in [0.4, 0.5) is 5.69 Å². The number of carbonyl (C=O) groups is 1. The predicted octanol–water partition coefficient (Wildman–Crippen LogP) is 5.18. The second kappa shape index (κ2) is 8.10. The molecule has 0 spiro atoms. The average molecular weight is 394 g/mol. The lowest BCUT2D eigenvalue weighted by molar-refractivity contribution is -0.125. The van der Waals surface area contributed by atoms with Crippen molar-refractivity contribution in [2.24, 2.45) is 0 Å². The number of aromatic nitrogens is 2. The van der Waals surface area contributed by atoms with Gasteiger partial charge in [-0.3, -0.25) is 9.78 Å². The van der Waals surface area contributed by atoms with Crippen LogP contribution in [0.25, 0.3) is 22.0 Å². The van der Waals surface area contributed by atoms with Crippen LogP contribution in [-0.4, -0.2) is 28.5 Å². The van der Waals surface area contributed by atoms with E-state index in [2.05, 4.69) is 11.9 Å². The Morgan fingerprint density at radius 2 is 2.07 bits per heavy atom. The molecule has 0 fully saturated rings. The highest BCUT2D eigenvalue weighted by Crippen LogP contribution is 2.38. The molecular weight excluding hydrogens is 370 g/mol. The van der Waals surface area contributed by atoms with Gasteiger partial charge in [-0.05, 0) is 43.7 Å². The molecule has 3 heterocycles. The fourth-order valence-electron chi connectivity index (χ4n) is 3.33. The van der Waals surface area contributed by atoms with Crippen molar-refractivity contribution in [3.05, 3.63) is 48.0 Å². The third kappa shape index (κ3) is 3.64. The normalized spacial score (nSPS) is 16.0. The highest BCUT2D eigenvalue weighted by Gasteiger charge is 2.31. The van der Waals surface area contributed by atoms with Gasteiger partial charge >= 0.3 is 0 Å². The number of benzene rings is 1. The molecule has 144 valence electrons. The Balaban J connectivity index is 1.66. The van der Waals surface area contributed by atoms with Gasteiger partial charge in [-0.2, -0.15) is 0 Å². The van der Waals surface area contributed by atoms with Crippen molar-refractivity contribution in [2.75, 3.05) is 11.4 Å². The summed E-state index contributed by atoms with van der Waals surface area (Å²) >= 11 is 1.57. The maximum atomic E-state index is 12.7. The first-order chi connectivity index (χ1) is 13.7.